The maximum Gasteiger partial charge on any atom is 0.340 e. The molecule has 0 spiro atoms. The van der Waals surface area contributed by atoms with E-state index in [9.17, 15) is 9.59 Å². The molecule has 4 nitrogen and oxygen atoms in total. The summed E-state index contributed by atoms with van der Waals surface area (Å²) in [5.74, 6) is -0.0267. The molecule has 0 aromatic heterocycles. The second-order valence-corrected chi connectivity index (χ2v) is 3.77. The number of benzene rings is 1. The summed E-state index contributed by atoms with van der Waals surface area (Å²) >= 11 is 3.21. The molecular weight excluding hydrogens is 276 g/mol. The molecule has 1 aromatic carbocycles. The van der Waals surface area contributed by atoms with E-state index in [0.29, 0.717) is 16.5 Å². The van der Waals surface area contributed by atoms with Crippen LogP contribution < -0.4 is 4.74 Å². The Hall–Kier alpha value is -1.36. The molecule has 5 heteroatoms. The van der Waals surface area contributed by atoms with Gasteiger partial charge in [0.2, 0.25) is 0 Å². The number of aldehydes is 1. The molecule has 0 amide bonds. The largest absolute Gasteiger partial charge is 0.497 e. The van der Waals surface area contributed by atoms with E-state index in [1.165, 1.54) is 13.2 Å². The second kappa shape index (κ2) is 5.65. The Morgan fingerprint density at radius 1 is 1.50 bits per heavy atom. The van der Waals surface area contributed by atoms with Crippen LogP contribution in [0, 0.1) is 0 Å². The summed E-state index contributed by atoms with van der Waals surface area (Å²) in [6.07, 6.45) is 0.597. The highest BCUT2D eigenvalue weighted by molar-refractivity contribution is 9.10. The van der Waals surface area contributed by atoms with Crippen LogP contribution >= 0.6 is 15.9 Å². The number of methoxy groups -OCH3 is 1. The summed E-state index contributed by atoms with van der Waals surface area (Å²) in [6, 6.07) is 3.10. The number of hydrogen-bond acceptors (Lipinski definition) is 4. The van der Waals surface area contributed by atoms with Crippen LogP contribution in [0.4, 0.5) is 0 Å². The van der Waals surface area contributed by atoms with Crippen molar-refractivity contribution in [3.63, 3.8) is 0 Å². The SMILES string of the molecule is CCOC(=O)c1c(Br)cc(OC)cc1C=O. The minimum absolute atomic E-state index is 0.220. The topological polar surface area (TPSA) is 52.6 Å². The Labute approximate surface area is 102 Å². The van der Waals surface area contributed by atoms with Gasteiger partial charge in [-0.2, -0.15) is 0 Å². The third-order valence-electron chi connectivity index (χ3n) is 1.94. The average molecular weight is 287 g/mol. The van der Waals surface area contributed by atoms with Gasteiger partial charge in [0.25, 0.3) is 0 Å². The fraction of sp³-hybridized carbons (Fsp3) is 0.273. The van der Waals surface area contributed by atoms with E-state index in [-0.39, 0.29) is 17.7 Å². The van der Waals surface area contributed by atoms with Crippen LogP contribution in [0.25, 0.3) is 0 Å². The monoisotopic (exact) mass is 286 g/mol. The van der Waals surface area contributed by atoms with Gasteiger partial charge in [-0.15, -0.1) is 0 Å². The normalized spacial score (nSPS) is 9.69. The van der Waals surface area contributed by atoms with Crippen LogP contribution in [0.1, 0.15) is 27.6 Å². The Balaban J connectivity index is 3.26. The van der Waals surface area contributed by atoms with Crippen LogP contribution in [-0.4, -0.2) is 26.0 Å². The predicted octanol–water partition coefficient (Wildman–Crippen LogP) is 2.45. The number of carbonyl (C=O) groups excluding carboxylic acids is 2. The molecule has 0 saturated carbocycles. The molecule has 0 radical (unpaired) electrons. The molecule has 1 aromatic rings. The summed E-state index contributed by atoms with van der Waals surface area (Å²) in [5.41, 5.74) is 0.460. The zero-order valence-electron chi connectivity index (χ0n) is 8.95. The minimum atomic E-state index is -0.529. The third kappa shape index (κ3) is 2.61. The van der Waals surface area contributed by atoms with E-state index >= 15 is 0 Å². The van der Waals surface area contributed by atoms with Crippen molar-refractivity contribution in [2.45, 2.75) is 6.92 Å². The summed E-state index contributed by atoms with van der Waals surface area (Å²) in [6.45, 7) is 1.96. The van der Waals surface area contributed by atoms with Crippen molar-refractivity contribution in [3.05, 3.63) is 27.7 Å². The van der Waals surface area contributed by atoms with Crippen LogP contribution in [0.5, 0.6) is 5.75 Å². The summed E-state index contributed by atoms with van der Waals surface area (Å²) in [7, 11) is 1.49. The maximum atomic E-state index is 11.6. The molecule has 0 fully saturated rings. The van der Waals surface area contributed by atoms with E-state index in [1.54, 1.807) is 13.0 Å². The molecule has 0 atom stereocenters. The van der Waals surface area contributed by atoms with E-state index < -0.39 is 5.97 Å². The van der Waals surface area contributed by atoms with Crippen molar-refractivity contribution in [3.8, 4) is 5.75 Å². The second-order valence-electron chi connectivity index (χ2n) is 2.91. The Morgan fingerprint density at radius 2 is 2.19 bits per heavy atom. The first-order valence-corrected chi connectivity index (χ1v) is 5.43. The van der Waals surface area contributed by atoms with Crippen molar-refractivity contribution in [2.75, 3.05) is 13.7 Å². The zero-order chi connectivity index (χ0) is 12.1. The number of hydrogen-bond donors (Lipinski definition) is 0. The molecule has 0 aliphatic heterocycles. The molecule has 1 rings (SSSR count). The first kappa shape index (κ1) is 12.7. The van der Waals surface area contributed by atoms with E-state index in [1.807, 2.05) is 0 Å². The van der Waals surface area contributed by atoms with Gasteiger partial charge in [0, 0.05) is 10.0 Å². The molecule has 0 N–H and O–H groups in total. The van der Waals surface area contributed by atoms with Crippen LogP contribution in [0.15, 0.2) is 16.6 Å². The predicted molar refractivity (Wildman–Crippen MR) is 62.0 cm³/mol. The summed E-state index contributed by atoms with van der Waals surface area (Å²) < 4.78 is 10.3. The quantitative estimate of drug-likeness (QED) is 0.630. The van der Waals surface area contributed by atoms with Gasteiger partial charge >= 0.3 is 5.97 Å². The number of carbonyl (C=O) groups is 2. The van der Waals surface area contributed by atoms with Crippen molar-refractivity contribution in [1.29, 1.82) is 0 Å². The molecule has 0 saturated heterocycles. The molecule has 0 unspecified atom stereocenters. The molecule has 0 heterocycles. The third-order valence-corrected chi connectivity index (χ3v) is 2.56. The van der Waals surface area contributed by atoms with Crippen LogP contribution in [-0.2, 0) is 4.74 Å². The average Bonchev–Trinajstić information content (AvgIpc) is 2.27. The molecule has 86 valence electrons. The van der Waals surface area contributed by atoms with Gasteiger partial charge < -0.3 is 9.47 Å². The highest BCUT2D eigenvalue weighted by atomic mass is 79.9. The lowest BCUT2D eigenvalue weighted by molar-refractivity contribution is 0.0523. The summed E-state index contributed by atoms with van der Waals surface area (Å²) in [4.78, 5) is 22.5. The van der Waals surface area contributed by atoms with Crippen molar-refractivity contribution < 1.29 is 19.1 Å². The number of rotatable bonds is 4. The highest BCUT2D eigenvalue weighted by Gasteiger charge is 2.17. The van der Waals surface area contributed by atoms with Crippen molar-refractivity contribution >= 4 is 28.2 Å². The Bertz CT molecular complexity index is 415. The first-order valence-electron chi connectivity index (χ1n) is 4.63. The molecule has 0 aliphatic carbocycles. The lowest BCUT2D eigenvalue weighted by Gasteiger charge is -2.09. The van der Waals surface area contributed by atoms with Gasteiger partial charge in [0.1, 0.15) is 5.75 Å². The zero-order valence-corrected chi connectivity index (χ0v) is 10.5. The number of esters is 1. The van der Waals surface area contributed by atoms with Gasteiger partial charge in [0.15, 0.2) is 6.29 Å². The van der Waals surface area contributed by atoms with E-state index in [4.69, 9.17) is 9.47 Å². The van der Waals surface area contributed by atoms with Crippen LogP contribution in [0.3, 0.4) is 0 Å². The fourth-order valence-electron chi connectivity index (χ4n) is 1.23. The highest BCUT2D eigenvalue weighted by Crippen LogP contribution is 2.26. The standard InChI is InChI=1S/C11H11BrO4/c1-3-16-11(14)10-7(6-13)4-8(15-2)5-9(10)12/h4-6H,3H2,1-2H3. The van der Waals surface area contributed by atoms with Gasteiger partial charge in [0.05, 0.1) is 19.3 Å². The molecule has 0 aliphatic rings. The Kier molecular flexibility index (Phi) is 4.49. The lowest BCUT2D eigenvalue weighted by atomic mass is 10.1. The number of ether oxygens (including phenoxy) is 2. The fourth-order valence-corrected chi connectivity index (χ4v) is 1.85. The van der Waals surface area contributed by atoms with Gasteiger partial charge in [-0.05, 0) is 35.0 Å². The molecule has 16 heavy (non-hydrogen) atoms. The van der Waals surface area contributed by atoms with Crippen molar-refractivity contribution in [1.82, 2.24) is 0 Å². The smallest absolute Gasteiger partial charge is 0.340 e. The van der Waals surface area contributed by atoms with Gasteiger partial charge in [-0.1, -0.05) is 0 Å². The van der Waals surface area contributed by atoms with Gasteiger partial charge in [-0.3, -0.25) is 4.79 Å². The minimum Gasteiger partial charge on any atom is -0.497 e. The molecule has 0 bridgehead atoms. The summed E-state index contributed by atoms with van der Waals surface area (Å²) in [5, 5.41) is 0. The first-order chi connectivity index (χ1) is 7.63. The Morgan fingerprint density at radius 3 is 2.69 bits per heavy atom. The number of halogens is 1. The maximum absolute atomic E-state index is 11.6. The van der Waals surface area contributed by atoms with Crippen LogP contribution in [0.2, 0.25) is 0 Å². The lowest BCUT2D eigenvalue weighted by Crippen LogP contribution is -2.09. The van der Waals surface area contributed by atoms with E-state index in [0.717, 1.165) is 0 Å². The van der Waals surface area contributed by atoms with E-state index in [2.05, 4.69) is 15.9 Å². The van der Waals surface area contributed by atoms with Gasteiger partial charge in [-0.25, -0.2) is 4.79 Å². The van der Waals surface area contributed by atoms with Crippen molar-refractivity contribution in [2.24, 2.45) is 0 Å². The molecular formula is C11H11BrO4.